The smallest absolute Gasteiger partial charge is 0.322 e. The highest BCUT2D eigenvalue weighted by Gasteiger charge is 2.45. The Kier molecular flexibility index (Phi) is 5.10. The maximum absolute atomic E-state index is 13.5. The summed E-state index contributed by atoms with van der Waals surface area (Å²) >= 11 is 0. The zero-order valence-electron chi connectivity index (χ0n) is 13.3. The fourth-order valence-electron chi connectivity index (χ4n) is 2.17. The lowest BCUT2D eigenvalue weighted by Crippen LogP contribution is -2.39. The Labute approximate surface area is 140 Å². The van der Waals surface area contributed by atoms with Gasteiger partial charge in [-0.05, 0) is 18.1 Å². The van der Waals surface area contributed by atoms with E-state index in [1.807, 2.05) is 5.32 Å². The van der Waals surface area contributed by atoms with Gasteiger partial charge in [0.15, 0.2) is 17.5 Å². The van der Waals surface area contributed by atoms with E-state index in [0.29, 0.717) is 15.9 Å². The fourth-order valence-corrected chi connectivity index (χ4v) is 2.17. The molecule has 7 nitrogen and oxygen atoms in total. The first-order chi connectivity index (χ1) is 11.6. The van der Waals surface area contributed by atoms with Gasteiger partial charge < -0.3 is 5.32 Å². The van der Waals surface area contributed by atoms with E-state index in [9.17, 15) is 32.3 Å². The lowest BCUT2D eigenvalue weighted by atomic mass is 10.2. The molecule has 0 spiro atoms. The molecule has 0 aliphatic carbocycles. The molecular formula is C15H14F3N3O4. The minimum absolute atomic E-state index is 0.000667. The van der Waals surface area contributed by atoms with Crippen LogP contribution in [0.3, 0.4) is 0 Å². The van der Waals surface area contributed by atoms with E-state index < -0.39 is 53.4 Å². The molecule has 1 N–H and O–H groups in total. The summed E-state index contributed by atoms with van der Waals surface area (Å²) in [6.45, 7) is 2.59. The maximum Gasteiger partial charge on any atom is 0.334 e. The maximum atomic E-state index is 13.5. The summed E-state index contributed by atoms with van der Waals surface area (Å²) in [4.78, 5) is 48.6. The highest BCUT2D eigenvalue weighted by molar-refractivity contribution is 6.45. The third kappa shape index (κ3) is 3.62. The van der Waals surface area contributed by atoms with Gasteiger partial charge in [-0.1, -0.05) is 13.8 Å². The zero-order valence-corrected chi connectivity index (χ0v) is 13.3. The lowest BCUT2D eigenvalue weighted by molar-refractivity contribution is -0.143. The number of benzene rings is 1. The summed E-state index contributed by atoms with van der Waals surface area (Å²) in [5.74, 6) is -8.22. The number of urea groups is 1. The quantitative estimate of drug-likeness (QED) is 0.491. The van der Waals surface area contributed by atoms with Crippen LogP contribution in [0.15, 0.2) is 12.1 Å². The van der Waals surface area contributed by atoms with E-state index in [4.69, 9.17) is 0 Å². The van der Waals surface area contributed by atoms with Gasteiger partial charge in [0, 0.05) is 6.54 Å². The first-order valence-electron chi connectivity index (χ1n) is 7.24. The Morgan fingerprint density at radius 3 is 2.24 bits per heavy atom. The van der Waals surface area contributed by atoms with Crippen molar-refractivity contribution in [3.8, 4) is 0 Å². The number of imide groups is 2. The van der Waals surface area contributed by atoms with E-state index in [2.05, 4.69) is 0 Å². The molecule has 0 radical (unpaired) electrons. The molecule has 1 heterocycles. The molecule has 2 rings (SSSR count). The largest absolute Gasteiger partial charge is 0.334 e. The average molecular weight is 357 g/mol. The molecule has 0 atom stereocenters. The topological polar surface area (TPSA) is 86.8 Å². The second kappa shape index (κ2) is 6.91. The SMILES string of the molecule is CC(C)CN1C(=O)C(=O)N(CC(=O)Nc2ccc(F)c(F)c2F)C1=O. The lowest BCUT2D eigenvalue weighted by Gasteiger charge is -2.17. The Morgan fingerprint density at radius 2 is 1.64 bits per heavy atom. The normalized spacial score (nSPS) is 14.7. The van der Waals surface area contributed by atoms with Crippen LogP contribution in [0.5, 0.6) is 0 Å². The molecule has 1 aliphatic heterocycles. The number of hydrogen-bond acceptors (Lipinski definition) is 4. The minimum Gasteiger partial charge on any atom is -0.322 e. The second-order valence-electron chi connectivity index (χ2n) is 5.75. The molecule has 1 fully saturated rings. The van der Waals surface area contributed by atoms with Crippen LogP contribution in [-0.4, -0.2) is 46.6 Å². The third-order valence-corrected chi connectivity index (χ3v) is 3.29. The predicted molar refractivity (Wildman–Crippen MR) is 78.6 cm³/mol. The zero-order chi connectivity index (χ0) is 18.9. The number of nitrogens with one attached hydrogen (secondary N) is 1. The van der Waals surface area contributed by atoms with Crippen molar-refractivity contribution in [3.63, 3.8) is 0 Å². The summed E-state index contributed by atoms with van der Waals surface area (Å²) in [6.07, 6.45) is 0. The Hall–Kier alpha value is -2.91. The molecule has 1 aromatic carbocycles. The predicted octanol–water partition coefficient (Wildman–Crippen LogP) is 1.49. The van der Waals surface area contributed by atoms with E-state index in [1.54, 1.807) is 13.8 Å². The molecule has 134 valence electrons. The van der Waals surface area contributed by atoms with Crippen LogP contribution >= 0.6 is 0 Å². The van der Waals surface area contributed by atoms with Crippen molar-refractivity contribution in [2.75, 3.05) is 18.4 Å². The molecular weight excluding hydrogens is 343 g/mol. The van der Waals surface area contributed by atoms with E-state index >= 15 is 0 Å². The first-order valence-corrected chi connectivity index (χ1v) is 7.24. The Bertz CT molecular complexity index is 767. The molecule has 5 amide bonds. The van der Waals surface area contributed by atoms with Crippen LogP contribution in [0.2, 0.25) is 0 Å². The van der Waals surface area contributed by atoms with Gasteiger partial charge in [0.1, 0.15) is 6.54 Å². The van der Waals surface area contributed by atoms with Crippen LogP contribution in [0, 0.1) is 23.4 Å². The van der Waals surface area contributed by atoms with Gasteiger partial charge in [0.2, 0.25) is 5.91 Å². The Morgan fingerprint density at radius 1 is 1.04 bits per heavy atom. The number of carbonyl (C=O) groups is 4. The standard InChI is InChI=1S/C15H14F3N3O4/c1-7(2)5-20-13(23)14(24)21(15(20)25)6-10(22)19-9-4-3-8(16)11(17)12(9)18/h3-4,7H,5-6H2,1-2H3,(H,19,22). The second-order valence-corrected chi connectivity index (χ2v) is 5.75. The van der Waals surface area contributed by atoms with Gasteiger partial charge in [-0.15, -0.1) is 0 Å². The summed E-state index contributed by atoms with van der Waals surface area (Å²) in [5, 5.41) is 1.92. The van der Waals surface area contributed by atoms with Crippen LogP contribution < -0.4 is 5.32 Å². The molecule has 1 aliphatic rings. The number of hydrogen-bond donors (Lipinski definition) is 1. The average Bonchev–Trinajstić information content (AvgIpc) is 2.73. The molecule has 1 aromatic rings. The summed E-state index contributed by atoms with van der Waals surface area (Å²) in [6, 6.07) is 0.424. The van der Waals surface area contributed by atoms with Gasteiger partial charge in [-0.2, -0.15) is 0 Å². The fraction of sp³-hybridized carbons (Fsp3) is 0.333. The number of amides is 5. The van der Waals surface area contributed by atoms with E-state index in [0.717, 1.165) is 6.07 Å². The van der Waals surface area contributed by atoms with Crippen molar-refractivity contribution in [3.05, 3.63) is 29.6 Å². The van der Waals surface area contributed by atoms with Crippen LogP contribution in [0.4, 0.5) is 23.7 Å². The van der Waals surface area contributed by atoms with Gasteiger partial charge in [0.05, 0.1) is 5.69 Å². The number of anilines is 1. The van der Waals surface area contributed by atoms with Crippen molar-refractivity contribution in [1.29, 1.82) is 0 Å². The van der Waals surface area contributed by atoms with E-state index in [1.165, 1.54) is 0 Å². The number of halogens is 3. The van der Waals surface area contributed by atoms with Crippen LogP contribution in [0.1, 0.15) is 13.8 Å². The summed E-state index contributed by atoms with van der Waals surface area (Å²) in [5.41, 5.74) is -0.659. The van der Waals surface area contributed by atoms with Crippen LogP contribution in [0.25, 0.3) is 0 Å². The molecule has 1 saturated heterocycles. The van der Waals surface area contributed by atoms with Gasteiger partial charge in [-0.3, -0.25) is 19.3 Å². The van der Waals surface area contributed by atoms with Gasteiger partial charge in [-0.25, -0.2) is 22.9 Å². The molecule has 0 bridgehead atoms. The number of nitrogens with zero attached hydrogens (tertiary/aromatic N) is 2. The van der Waals surface area contributed by atoms with Gasteiger partial charge >= 0.3 is 17.8 Å². The monoisotopic (exact) mass is 357 g/mol. The molecule has 10 heteroatoms. The highest BCUT2D eigenvalue weighted by atomic mass is 19.2. The van der Waals surface area contributed by atoms with Crippen molar-refractivity contribution in [1.82, 2.24) is 9.80 Å². The summed E-state index contributed by atoms with van der Waals surface area (Å²) in [7, 11) is 0. The van der Waals surface area contributed by atoms with E-state index in [-0.39, 0.29) is 12.5 Å². The number of carbonyl (C=O) groups excluding carboxylic acids is 4. The van der Waals surface area contributed by atoms with Crippen molar-refractivity contribution in [2.24, 2.45) is 5.92 Å². The van der Waals surface area contributed by atoms with Crippen molar-refractivity contribution >= 4 is 29.4 Å². The van der Waals surface area contributed by atoms with Crippen molar-refractivity contribution < 1.29 is 32.3 Å². The minimum atomic E-state index is -1.77. The molecule has 0 aromatic heterocycles. The summed E-state index contributed by atoms with van der Waals surface area (Å²) < 4.78 is 39.5. The Balaban J connectivity index is 2.10. The molecule has 0 saturated carbocycles. The van der Waals surface area contributed by atoms with Crippen LogP contribution in [-0.2, 0) is 14.4 Å². The molecule has 25 heavy (non-hydrogen) atoms. The third-order valence-electron chi connectivity index (χ3n) is 3.29. The van der Waals surface area contributed by atoms with Crippen molar-refractivity contribution in [2.45, 2.75) is 13.8 Å². The number of rotatable bonds is 5. The van der Waals surface area contributed by atoms with Gasteiger partial charge in [0.25, 0.3) is 0 Å². The molecule has 0 unspecified atom stereocenters. The highest BCUT2D eigenvalue weighted by Crippen LogP contribution is 2.20. The first kappa shape index (κ1) is 18.4.